The Bertz CT molecular complexity index is 1680. The van der Waals surface area contributed by atoms with Crippen molar-refractivity contribution in [1.29, 1.82) is 0 Å². The van der Waals surface area contributed by atoms with E-state index in [1.165, 1.54) is 0 Å². The molecule has 0 spiro atoms. The zero-order valence-electron chi connectivity index (χ0n) is 21.8. The van der Waals surface area contributed by atoms with Gasteiger partial charge < -0.3 is 14.8 Å². The quantitative estimate of drug-likeness (QED) is 0.204. The van der Waals surface area contributed by atoms with Crippen LogP contribution in [0.2, 0.25) is 0 Å². The molecule has 4 aromatic carbocycles. The van der Waals surface area contributed by atoms with Crippen molar-refractivity contribution in [3.63, 3.8) is 0 Å². The van der Waals surface area contributed by atoms with Gasteiger partial charge in [-0.2, -0.15) is 0 Å². The summed E-state index contributed by atoms with van der Waals surface area (Å²) in [5, 5.41) is 6.60. The molecule has 2 unspecified atom stereocenters. The van der Waals surface area contributed by atoms with Crippen molar-refractivity contribution in [2.75, 3.05) is 10.6 Å². The first kappa shape index (κ1) is 26.1. The Morgan fingerprint density at radius 1 is 0.659 bits per heavy atom. The minimum Gasteiger partial charge on any atom is -0.480 e. The maximum absolute atomic E-state index is 13.3. The lowest BCUT2D eigenvalue weighted by atomic mass is 9.89. The molecule has 0 saturated heterocycles. The first-order valence-corrected chi connectivity index (χ1v) is 13.4. The number of amides is 1. The molecule has 0 bridgehead atoms. The van der Waals surface area contributed by atoms with E-state index in [9.17, 15) is 4.79 Å². The largest absolute Gasteiger partial charge is 0.480 e. The van der Waals surface area contributed by atoms with Crippen LogP contribution in [0.15, 0.2) is 138 Å². The third-order valence-corrected chi connectivity index (χ3v) is 6.94. The Hall–Kier alpha value is -5.14. The number of hydrogen-bond acceptors (Lipinski definition) is 6. The van der Waals surface area contributed by atoms with Gasteiger partial charge in [0.1, 0.15) is 11.5 Å². The van der Waals surface area contributed by atoms with Crippen molar-refractivity contribution in [2.24, 2.45) is 0 Å². The number of halogens is 1. The number of rotatable bonds is 8. The van der Waals surface area contributed by atoms with Crippen LogP contribution in [0, 0.1) is 0 Å². The number of fused-ring (bicyclic) bond motifs is 1. The molecule has 41 heavy (non-hydrogen) atoms. The van der Waals surface area contributed by atoms with Crippen LogP contribution in [0.5, 0.6) is 11.5 Å². The number of benzene rings is 4. The highest BCUT2D eigenvalue weighted by Gasteiger charge is 2.37. The molecule has 0 aliphatic heterocycles. The summed E-state index contributed by atoms with van der Waals surface area (Å²) in [6.45, 7) is 0. The topological polar surface area (TPSA) is 85.4 Å². The van der Waals surface area contributed by atoms with Gasteiger partial charge in [0.15, 0.2) is 12.2 Å². The second-order valence-corrected chi connectivity index (χ2v) is 9.62. The zero-order valence-corrected chi connectivity index (χ0v) is 22.5. The lowest BCUT2D eigenvalue weighted by molar-refractivity contribution is 0.102. The second kappa shape index (κ2) is 11.9. The van der Waals surface area contributed by atoms with Gasteiger partial charge >= 0.3 is 0 Å². The zero-order chi connectivity index (χ0) is 28.0. The molecule has 1 heterocycles. The Morgan fingerprint density at radius 2 is 1.20 bits per heavy atom. The molecule has 0 fully saturated rings. The molecule has 0 radical (unpaired) electrons. The van der Waals surface area contributed by atoms with Crippen LogP contribution in [0.1, 0.15) is 33.7 Å². The first-order chi connectivity index (χ1) is 20.2. The molecule has 202 valence electrons. The number of para-hydroxylation sites is 3. The van der Waals surface area contributed by atoms with E-state index in [-0.39, 0.29) is 11.9 Å². The summed E-state index contributed by atoms with van der Waals surface area (Å²) in [6, 6.07) is 35.8. The van der Waals surface area contributed by atoms with E-state index in [1.54, 1.807) is 30.6 Å². The molecule has 0 saturated carbocycles. The molecule has 1 aliphatic carbocycles. The van der Waals surface area contributed by atoms with Crippen molar-refractivity contribution in [2.45, 2.75) is 12.2 Å². The predicted octanol–water partition coefficient (Wildman–Crippen LogP) is 7.55. The number of nitrogens with zero attached hydrogens (tertiary/aromatic N) is 2. The maximum atomic E-state index is 13.3. The summed E-state index contributed by atoms with van der Waals surface area (Å²) >= 11 is 7.19. The summed E-state index contributed by atoms with van der Waals surface area (Å²) in [4.78, 5) is 21.5. The van der Waals surface area contributed by atoms with E-state index in [1.807, 2.05) is 97.1 Å². The average Bonchev–Trinajstić information content (AvgIpc) is 3.02. The minimum absolute atomic E-state index is 0.206. The van der Waals surface area contributed by atoms with Gasteiger partial charge in [0.2, 0.25) is 5.95 Å². The van der Waals surface area contributed by atoms with Crippen molar-refractivity contribution < 1.29 is 14.3 Å². The highest BCUT2D eigenvalue weighted by molar-refractivity contribution is 6.31. The van der Waals surface area contributed by atoms with E-state index in [0.29, 0.717) is 33.5 Å². The van der Waals surface area contributed by atoms with Crippen LogP contribution < -0.4 is 20.1 Å². The smallest absolute Gasteiger partial charge is 0.260 e. The van der Waals surface area contributed by atoms with Crippen molar-refractivity contribution in [3.8, 4) is 11.5 Å². The molecule has 1 aromatic heterocycles. The average molecular weight is 561 g/mol. The highest BCUT2D eigenvalue weighted by atomic mass is 35.5. The van der Waals surface area contributed by atoms with Crippen LogP contribution in [-0.2, 0) is 0 Å². The van der Waals surface area contributed by atoms with Crippen LogP contribution in [0.4, 0.5) is 11.6 Å². The number of anilines is 2. The van der Waals surface area contributed by atoms with Crippen molar-refractivity contribution in [1.82, 2.24) is 9.97 Å². The number of nitrogens with one attached hydrogen (secondary N) is 2. The van der Waals surface area contributed by atoms with E-state index in [4.69, 9.17) is 21.1 Å². The molecule has 5 aromatic rings. The number of aromatic nitrogens is 2. The van der Waals surface area contributed by atoms with E-state index in [0.717, 1.165) is 11.1 Å². The summed E-state index contributed by atoms with van der Waals surface area (Å²) in [7, 11) is 0. The van der Waals surface area contributed by atoms with Crippen LogP contribution in [0.3, 0.4) is 0 Å². The van der Waals surface area contributed by atoms with Gasteiger partial charge in [0.25, 0.3) is 5.91 Å². The molecule has 8 heteroatoms. The molecular weight excluding hydrogens is 536 g/mol. The predicted molar refractivity (Wildman–Crippen MR) is 159 cm³/mol. The summed E-state index contributed by atoms with van der Waals surface area (Å²) in [5.41, 5.74) is 3.26. The van der Waals surface area contributed by atoms with Crippen LogP contribution in [-0.4, -0.2) is 15.9 Å². The summed E-state index contributed by atoms with van der Waals surface area (Å²) in [5.74, 6) is 1.18. The lowest BCUT2D eigenvalue weighted by Crippen LogP contribution is -2.28. The van der Waals surface area contributed by atoms with E-state index in [2.05, 4.69) is 20.6 Å². The number of ether oxygens (including phenoxy) is 2. The Kier molecular flexibility index (Phi) is 7.60. The fraction of sp³-hybridized carbons (Fsp3) is 0.0606. The molecular formula is C33H25ClN4O3. The first-order valence-electron chi connectivity index (χ1n) is 13.0. The van der Waals surface area contributed by atoms with Gasteiger partial charge in [0, 0.05) is 23.5 Å². The van der Waals surface area contributed by atoms with Crippen LogP contribution in [0.25, 0.3) is 0 Å². The monoisotopic (exact) mass is 560 g/mol. The van der Waals surface area contributed by atoms with E-state index >= 15 is 0 Å². The number of carbonyl (C=O) groups excluding carboxylic acids is 1. The lowest BCUT2D eigenvalue weighted by Gasteiger charge is -2.35. The van der Waals surface area contributed by atoms with Gasteiger partial charge in [0.05, 0.1) is 22.0 Å². The third-order valence-electron chi connectivity index (χ3n) is 6.54. The molecule has 2 atom stereocenters. The van der Waals surface area contributed by atoms with Gasteiger partial charge in [-0.1, -0.05) is 84.4 Å². The SMILES string of the molecule is O=C(Nc1ncccn1)c1ccccc1NC1=C(Cl)C(Oc2ccccc2)c2ccccc2C1Oc1ccccc1. The fourth-order valence-corrected chi connectivity index (χ4v) is 4.96. The second-order valence-electron chi connectivity index (χ2n) is 9.21. The molecule has 6 rings (SSSR count). The van der Waals surface area contributed by atoms with Crippen LogP contribution >= 0.6 is 11.6 Å². The maximum Gasteiger partial charge on any atom is 0.260 e. The van der Waals surface area contributed by atoms with Gasteiger partial charge in [-0.3, -0.25) is 10.1 Å². The van der Waals surface area contributed by atoms with Gasteiger partial charge in [-0.15, -0.1) is 0 Å². The Morgan fingerprint density at radius 3 is 1.85 bits per heavy atom. The Labute approximate surface area is 242 Å². The number of carbonyl (C=O) groups is 1. The highest BCUT2D eigenvalue weighted by Crippen LogP contribution is 2.46. The van der Waals surface area contributed by atoms with Crippen molar-refractivity contribution in [3.05, 3.63) is 155 Å². The molecule has 1 aliphatic rings. The molecule has 2 N–H and O–H groups in total. The molecule has 7 nitrogen and oxygen atoms in total. The minimum atomic E-state index is -0.606. The van der Waals surface area contributed by atoms with Crippen molar-refractivity contribution >= 4 is 29.1 Å². The summed E-state index contributed by atoms with van der Waals surface area (Å²) in [6.07, 6.45) is 1.92. The fourth-order valence-electron chi connectivity index (χ4n) is 4.65. The third kappa shape index (κ3) is 5.76. The molecule has 1 amide bonds. The van der Waals surface area contributed by atoms with Gasteiger partial charge in [-0.05, 0) is 42.5 Å². The van der Waals surface area contributed by atoms with Gasteiger partial charge in [-0.25, -0.2) is 9.97 Å². The Balaban J connectivity index is 1.42. The number of hydrogen-bond donors (Lipinski definition) is 2. The summed E-state index contributed by atoms with van der Waals surface area (Å²) < 4.78 is 13.0. The normalized spacial score (nSPS) is 15.9. The standard InChI is InChI=1S/C33H25ClN4O3/c34-28-29(37-27-19-10-9-18-26(27)32(39)38-33-35-20-11-21-36-33)31(41-23-14-5-2-6-15-23)25-17-8-7-16-24(25)30(28)40-22-12-3-1-4-13-22/h1-21,30-31,37H,(H,35,36,38,39). The van der Waals surface area contributed by atoms with E-state index < -0.39 is 12.2 Å².